The molecular weight excluding hydrogens is 351 g/mol. The summed E-state index contributed by atoms with van der Waals surface area (Å²) in [6.07, 6.45) is -3.34. The molecule has 1 aromatic carbocycles. The molecule has 26 heavy (non-hydrogen) atoms. The Kier molecular flexibility index (Phi) is 5.81. The summed E-state index contributed by atoms with van der Waals surface area (Å²) in [5.74, 6) is -0.954. The van der Waals surface area contributed by atoms with Gasteiger partial charge in [0.25, 0.3) is 0 Å². The lowest BCUT2D eigenvalue weighted by atomic mass is 10.2. The van der Waals surface area contributed by atoms with Crippen LogP contribution < -0.4 is 9.80 Å². The highest BCUT2D eigenvalue weighted by Crippen LogP contribution is 2.29. The second-order valence-corrected chi connectivity index (χ2v) is 5.48. The summed E-state index contributed by atoms with van der Waals surface area (Å²) in [6, 6.07) is 8.26. The number of likely N-dealkylation sites (N-methyl/N-ethyl adjacent to an activating group) is 1. The van der Waals surface area contributed by atoms with Crippen molar-refractivity contribution >= 4 is 23.9 Å². The van der Waals surface area contributed by atoms with Crippen molar-refractivity contribution < 1.29 is 27.9 Å². The third-order valence-corrected chi connectivity index (χ3v) is 3.71. The van der Waals surface area contributed by atoms with Crippen LogP contribution in [0.4, 0.5) is 24.7 Å². The first-order valence-corrected chi connectivity index (χ1v) is 7.52. The van der Waals surface area contributed by atoms with E-state index < -0.39 is 17.7 Å². The van der Waals surface area contributed by atoms with E-state index in [-0.39, 0.29) is 17.9 Å². The maximum atomic E-state index is 12.6. The summed E-state index contributed by atoms with van der Waals surface area (Å²) in [4.78, 5) is 28.8. The zero-order valence-corrected chi connectivity index (χ0v) is 13.8. The van der Waals surface area contributed by atoms with E-state index in [1.54, 1.807) is 24.1 Å². The maximum Gasteiger partial charge on any atom is 0.417 e. The fourth-order valence-corrected chi connectivity index (χ4v) is 2.21. The van der Waals surface area contributed by atoms with E-state index in [1.807, 2.05) is 0 Å². The number of amides is 1. The van der Waals surface area contributed by atoms with Crippen LogP contribution in [-0.2, 0) is 11.0 Å². The molecule has 2 rings (SSSR count). The molecule has 0 saturated heterocycles. The van der Waals surface area contributed by atoms with Gasteiger partial charge in [0.05, 0.1) is 11.1 Å². The topological polar surface area (TPSA) is 73.7 Å². The molecule has 0 radical (unpaired) electrons. The van der Waals surface area contributed by atoms with E-state index in [9.17, 15) is 22.8 Å². The second kappa shape index (κ2) is 7.85. The third-order valence-electron chi connectivity index (χ3n) is 3.71. The van der Waals surface area contributed by atoms with Gasteiger partial charge >= 0.3 is 12.1 Å². The number of benzene rings is 1. The van der Waals surface area contributed by atoms with Gasteiger partial charge in [-0.2, -0.15) is 13.2 Å². The van der Waals surface area contributed by atoms with Gasteiger partial charge in [0.2, 0.25) is 6.41 Å². The predicted octanol–water partition coefficient (Wildman–Crippen LogP) is 2.90. The highest BCUT2D eigenvalue weighted by atomic mass is 19.4. The monoisotopic (exact) mass is 367 g/mol. The molecule has 1 heterocycles. The number of aromatic carboxylic acids is 1. The molecule has 0 aliphatic carbocycles. The largest absolute Gasteiger partial charge is 0.478 e. The van der Waals surface area contributed by atoms with Crippen LogP contribution in [0.1, 0.15) is 15.9 Å². The second-order valence-electron chi connectivity index (χ2n) is 5.48. The van der Waals surface area contributed by atoms with E-state index in [4.69, 9.17) is 5.11 Å². The Bertz CT molecular complexity index is 779. The Morgan fingerprint density at radius 2 is 1.96 bits per heavy atom. The molecule has 1 aromatic heterocycles. The minimum Gasteiger partial charge on any atom is -0.478 e. The number of carboxylic acid groups (broad SMARTS) is 1. The molecule has 9 heteroatoms. The number of carbonyl (C=O) groups is 2. The van der Waals surface area contributed by atoms with Gasteiger partial charge < -0.3 is 10.0 Å². The lowest BCUT2D eigenvalue weighted by Crippen LogP contribution is -2.33. The summed E-state index contributed by atoms with van der Waals surface area (Å²) >= 11 is 0. The third kappa shape index (κ3) is 4.71. The van der Waals surface area contributed by atoms with Crippen LogP contribution >= 0.6 is 0 Å². The first-order valence-electron chi connectivity index (χ1n) is 7.52. The van der Waals surface area contributed by atoms with Crippen molar-refractivity contribution in [3.63, 3.8) is 0 Å². The molecule has 1 N–H and O–H groups in total. The van der Waals surface area contributed by atoms with E-state index >= 15 is 0 Å². The average Bonchev–Trinajstić information content (AvgIpc) is 2.61. The molecule has 0 bridgehead atoms. The zero-order valence-electron chi connectivity index (χ0n) is 13.8. The molecule has 2 aromatic rings. The summed E-state index contributed by atoms with van der Waals surface area (Å²) in [5, 5.41) is 9.01. The Morgan fingerprint density at radius 1 is 1.23 bits per heavy atom. The van der Waals surface area contributed by atoms with Gasteiger partial charge in [-0.3, -0.25) is 9.69 Å². The van der Waals surface area contributed by atoms with Crippen molar-refractivity contribution in [2.45, 2.75) is 6.18 Å². The Hall–Kier alpha value is -3.10. The summed E-state index contributed by atoms with van der Waals surface area (Å²) in [6.45, 7) is 0.486. The van der Waals surface area contributed by atoms with Crippen LogP contribution in [0.3, 0.4) is 0 Å². The quantitative estimate of drug-likeness (QED) is 0.762. The molecule has 0 unspecified atom stereocenters. The van der Waals surface area contributed by atoms with Gasteiger partial charge in [-0.05, 0) is 30.3 Å². The van der Waals surface area contributed by atoms with Crippen LogP contribution in [0.2, 0.25) is 0 Å². The summed E-state index contributed by atoms with van der Waals surface area (Å²) in [7, 11) is 1.71. The van der Waals surface area contributed by atoms with Gasteiger partial charge in [0.15, 0.2) is 0 Å². The number of alkyl halides is 3. The Balaban J connectivity index is 2.05. The average molecular weight is 367 g/mol. The molecular formula is C17H16F3N3O3. The maximum absolute atomic E-state index is 12.6. The van der Waals surface area contributed by atoms with Crippen molar-refractivity contribution in [1.29, 1.82) is 0 Å². The van der Waals surface area contributed by atoms with Crippen molar-refractivity contribution in [3.05, 3.63) is 53.7 Å². The van der Waals surface area contributed by atoms with E-state index in [0.717, 1.165) is 12.1 Å². The number of halogens is 3. The first kappa shape index (κ1) is 19.2. The van der Waals surface area contributed by atoms with Crippen molar-refractivity contribution in [1.82, 2.24) is 4.98 Å². The number of pyridine rings is 1. The molecule has 1 amide bonds. The van der Waals surface area contributed by atoms with Gasteiger partial charge in [0.1, 0.15) is 5.82 Å². The normalized spacial score (nSPS) is 11.1. The number of carboxylic acids is 1. The molecule has 0 saturated carbocycles. The highest BCUT2D eigenvalue weighted by molar-refractivity contribution is 5.88. The van der Waals surface area contributed by atoms with Gasteiger partial charge in [-0.1, -0.05) is 6.07 Å². The molecule has 138 valence electrons. The van der Waals surface area contributed by atoms with E-state index in [1.165, 1.54) is 17.0 Å². The predicted molar refractivity (Wildman–Crippen MR) is 89.3 cm³/mol. The standard InChI is InChI=1S/C17H16F3N3O3/c1-22(14-4-2-3-12(9-14)16(25)26)7-8-23(11-24)15-6-5-13(10-21-15)17(18,19)20/h2-6,9-11H,7-8H2,1H3,(H,25,26). The van der Waals surface area contributed by atoms with Crippen molar-refractivity contribution in [3.8, 4) is 0 Å². The molecule has 0 fully saturated rings. The first-order chi connectivity index (χ1) is 12.2. The molecule has 0 aliphatic heterocycles. The SMILES string of the molecule is CN(CCN(C=O)c1ccc(C(F)(F)F)cn1)c1cccc(C(=O)O)c1. The number of anilines is 2. The molecule has 0 atom stereocenters. The smallest absolute Gasteiger partial charge is 0.417 e. The van der Waals surface area contributed by atoms with Gasteiger partial charge in [-0.25, -0.2) is 9.78 Å². The fraction of sp³-hybridized carbons (Fsp3) is 0.235. The zero-order chi connectivity index (χ0) is 19.3. The van der Waals surface area contributed by atoms with Crippen LogP contribution in [0, 0.1) is 0 Å². The highest BCUT2D eigenvalue weighted by Gasteiger charge is 2.30. The van der Waals surface area contributed by atoms with Crippen LogP contribution in [0.5, 0.6) is 0 Å². The Morgan fingerprint density at radius 3 is 2.50 bits per heavy atom. The molecule has 6 nitrogen and oxygen atoms in total. The lowest BCUT2D eigenvalue weighted by Gasteiger charge is -2.23. The number of nitrogens with zero attached hydrogens (tertiary/aromatic N) is 3. The fourth-order valence-electron chi connectivity index (χ4n) is 2.21. The Labute approximate surface area is 147 Å². The van der Waals surface area contributed by atoms with E-state index in [0.29, 0.717) is 24.8 Å². The minimum absolute atomic E-state index is 0.0979. The molecule has 0 aliphatic rings. The van der Waals surface area contributed by atoms with Crippen LogP contribution in [-0.4, -0.2) is 42.6 Å². The van der Waals surface area contributed by atoms with Crippen LogP contribution in [0.15, 0.2) is 42.6 Å². The van der Waals surface area contributed by atoms with Crippen molar-refractivity contribution in [2.75, 3.05) is 29.9 Å². The number of hydrogen-bond donors (Lipinski definition) is 1. The summed E-state index contributed by atoms with van der Waals surface area (Å²) < 4.78 is 37.7. The number of hydrogen-bond acceptors (Lipinski definition) is 4. The number of rotatable bonds is 7. The molecule has 0 spiro atoms. The van der Waals surface area contributed by atoms with Crippen molar-refractivity contribution in [2.24, 2.45) is 0 Å². The van der Waals surface area contributed by atoms with Crippen LogP contribution in [0.25, 0.3) is 0 Å². The minimum atomic E-state index is -4.49. The lowest BCUT2D eigenvalue weighted by molar-refractivity contribution is -0.137. The number of carbonyl (C=O) groups excluding carboxylic acids is 1. The number of aromatic nitrogens is 1. The van der Waals surface area contributed by atoms with Gasteiger partial charge in [0, 0.05) is 32.0 Å². The van der Waals surface area contributed by atoms with Gasteiger partial charge in [-0.15, -0.1) is 0 Å². The summed E-state index contributed by atoms with van der Waals surface area (Å²) in [5.41, 5.74) is -0.128. The van der Waals surface area contributed by atoms with E-state index in [2.05, 4.69) is 4.98 Å².